The average Bonchev–Trinajstić information content (AvgIpc) is 2.65. The number of halogens is 1. The van der Waals surface area contributed by atoms with Crippen molar-refractivity contribution in [3.8, 4) is 5.75 Å². The average molecular weight is 372 g/mol. The number of hydrogen-bond acceptors (Lipinski definition) is 4. The van der Waals surface area contributed by atoms with E-state index in [-0.39, 0.29) is 17.4 Å². The predicted octanol–water partition coefficient (Wildman–Crippen LogP) is 3.89. The third-order valence-electron chi connectivity index (χ3n) is 4.47. The van der Waals surface area contributed by atoms with E-state index in [2.05, 4.69) is 5.32 Å². The van der Waals surface area contributed by atoms with Gasteiger partial charge in [-0.15, -0.1) is 0 Å². The van der Waals surface area contributed by atoms with Crippen molar-refractivity contribution in [1.29, 1.82) is 0 Å². The first-order valence-corrected chi connectivity index (χ1v) is 8.84. The van der Waals surface area contributed by atoms with E-state index < -0.39 is 11.9 Å². The van der Waals surface area contributed by atoms with E-state index in [0.717, 1.165) is 5.56 Å². The molecule has 1 N–H and O–H groups in total. The standard InChI is InChI=1S/C21H25FN2O3/c1-5-24(13-16-9-10-20(27-4)19(22)11-16)14(2)21(26)23-18-8-6-7-17(12-18)15(3)25/h6-12,14H,5,13H2,1-4H3,(H,23,26)/t14-/m1/s1. The molecule has 0 fully saturated rings. The minimum Gasteiger partial charge on any atom is -0.494 e. The second-order valence-electron chi connectivity index (χ2n) is 6.33. The van der Waals surface area contributed by atoms with Gasteiger partial charge in [0.25, 0.3) is 0 Å². The molecular weight excluding hydrogens is 347 g/mol. The van der Waals surface area contributed by atoms with Crippen LogP contribution in [0.1, 0.15) is 36.7 Å². The number of anilines is 1. The Morgan fingerprint density at radius 2 is 1.96 bits per heavy atom. The molecule has 1 atom stereocenters. The number of rotatable bonds is 8. The van der Waals surface area contributed by atoms with E-state index in [0.29, 0.717) is 24.3 Å². The Morgan fingerprint density at radius 1 is 1.22 bits per heavy atom. The Labute approximate surface area is 159 Å². The number of benzene rings is 2. The van der Waals surface area contributed by atoms with Gasteiger partial charge in [-0.25, -0.2) is 4.39 Å². The largest absolute Gasteiger partial charge is 0.494 e. The predicted molar refractivity (Wildman–Crippen MR) is 104 cm³/mol. The van der Waals surface area contributed by atoms with Crippen LogP contribution >= 0.6 is 0 Å². The highest BCUT2D eigenvalue weighted by Crippen LogP contribution is 2.20. The molecule has 0 aliphatic rings. The molecule has 0 radical (unpaired) electrons. The molecule has 2 rings (SSSR count). The molecule has 0 bridgehead atoms. The van der Waals surface area contributed by atoms with Crippen molar-refractivity contribution < 1.29 is 18.7 Å². The smallest absolute Gasteiger partial charge is 0.241 e. The number of hydrogen-bond donors (Lipinski definition) is 1. The number of ketones is 1. The number of ether oxygens (including phenoxy) is 1. The van der Waals surface area contributed by atoms with Gasteiger partial charge in [-0.2, -0.15) is 0 Å². The van der Waals surface area contributed by atoms with Crippen LogP contribution < -0.4 is 10.1 Å². The number of likely N-dealkylation sites (N-methyl/N-ethyl adjacent to an activating group) is 1. The summed E-state index contributed by atoms with van der Waals surface area (Å²) in [5, 5.41) is 2.84. The zero-order valence-electron chi connectivity index (χ0n) is 16.1. The first-order chi connectivity index (χ1) is 12.8. The summed E-state index contributed by atoms with van der Waals surface area (Å²) >= 11 is 0. The summed E-state index contributed by atoms with van der Waals surface area (Å²) in [6.45, 7) is 6.28. The van der Waals surface area contributed by atoms with Crippen LogP contribution in [0.2, 0.25) is 0 Å². The van der Waals surface area contributed by atoms with Gasteiger partial charge in [0.1, 0.15) is 0 Å². The zero-order valence-corrected chi connectivity index (χ0v) is 16.1. The number of methoxy groups -OCH3 is 1. The third kappa shape index (κ3) is 5.37. The van der Waals surface area contributed by atoms with E-state index in [1.165, 1.54) is 20.1 Å². The Kier molecular flexibility index (Phi) is 7.07. The van der Waals surface area contributed by atoms with Gasteiger partial charge in [-0.3, -0.25) is 14.5 Å². The molecule has 0 aliphatic carbocycles. The van der Waals surface area contributed by atoms with Crippen molar-refractivity contribution in [3.05, 3.63) is 59.4 Å². The lowest BCUT2D eigenvalue weighted by Gasteiger charge is -2.27. The van der Waals surface area contributed by atoms with Crippen molar-refractivity contribution in [2.45, 2.75) is 33.4 Å². The van der Waals surface area contributed by atoms with E-state index >= 15 is 0 Å². The second-order valence-corrected chi connectivity index (χ2v) is 6.33. The monoisotopic (exact) mass is 372 g/mol. The van der Waals surface area contributed by atoms with Crippen LogP contribution in [0.15, 0.2) is 42.5 Å². The zero-order chi connectivity index (χ0) is 20.0. The summed E-state index contributed by atoms with van der Waals surface area (Å²) in [6.07, 6.45) is 0. The second kappa shape index (κ2) is 9.28. The molecule has 144 valence electrons. The van der Waals surface area contributed by atoms with Crippen LogP contribution in [0.5, 0.6) is 5.75 Å². The first kappa shape index (κ1) is 20.6. The lowest BCUT2D eigenvalue weighted by molar-refractivity contribution is -0.120. The highest BCUT2D eigenvalue weighted by molar-refractivity contribution is 5.98. The Morgan fingerprint density at radius 3 is 2.56 bits per heavy atom. The fourth-order valence-corrected chi connectivity index (χ4v) is 2.79. The van der Waals surface area contributed by atoms with E-state index in [1.54, 1.807) is 43.3 Å². The van der Waals surface area contributed by atoms with Gasteiger partial charge < -0.3 is 10.1 Å². The number of carbonyl (C=O) groups is 2. The summed E-state index contributed by atoms with van der Waals surface area (Å²) in [7, 11) is 1.42. The van der Waals surface area contributed by atoms with Crippen molar-refractivity contribution >= 4 is 17.4 Å². The molecule has 0 saturated carbocycles. The fraction of sp³-hybridized carbons (Fsp3) is 0.333. The quantitative estimate of drug-likeness (QED) is 0.715. The SMILES string of the molecule is CCN(Cc1ccc(OC)c(F)c1)[C@H](C)C(=O)Nc1cccc(C(C)=O)c1. The Bertz CT molecular complexity index is 823. The van der Waals surface area contributed by atoms with Gasteiger partial charge in [0, 0.05) is 17.8 Å². The number of amides is 1. The lowest BCUT2D eigenvalue weighted by atomic mass is 10.1. The van der Waals surface area contributed by atoms with Gasteiger partial charge in [-0.1, -0.05) is 25.1 Å². The van der Waals surface area contributed by atoms with E-state index in [4.69, 9.17) is 4.74 Å². The third-order valence-corrected chi connectivity index (χ3v) is 4.47. The molecule has 0 heterocycles. The Hall–Kier alpha value is -2.73. The van der Waals surface area contributed by atoms with Crippen molar-refractivity contribution in [3.63, 3.8) is 0 Å². The molecule has 6 heteroatoms. The van der Waals surface area contributed by atoms with Gasteiger partial charge in [0.2, 0.25) is 5.91 Å². The van der Waals surface area contributed by atoms with Crippen molar-refractivity contribution in [1.82, 2.24) is 4.90 Å². The molecule has 0 unspecified atom stereocenters. The van der Waals surface area contributed by atoms with Gasteiger partial charge in [-0.05, 0) is 50.2 Å². The maximum absolute atomic E-state index is 13.9. The summed E-state index contributed by atoms with van der Waals surface area (Å²) in [4.78, 5) is 26.0. The van der Waals surface area contributed by atoms with Crippen LogP contribution in [0, 0.1) is 5.82 Å². The molecule has 1 amide bonds. The molecule has 5 nitrogen and oxygen atoms in total. The van der Waals surface area contributed by atoms with Crippen molar-refractivity contribution in [2.24, 2.45) is 0 Å². The summed E-state index contributed by atoms with van der Waals surface area (Å²) in [5.74, 6) is -0.482. The van der Waals surface area contributed by atoms with Gasteiger partial charge >= 0.3 is 0 Å². The van der Waals surface area contributed by atoms with E-state index in [1.807, 2.05) is 11.8 Å². The minimum absolute atomic E-state index is 0.0594. The van der Waals surface area contributed by atoms with Gasteiger partial charge in [0.05, 0.1) is 13.2 Å². The molecule has 0 saturated heterocycles. The lowest BCUT2D eigenvalue weighted by Crippen LogP contribution is -2.41. The highest BCUT2D eigenvalue weighted by Gasteiger charge is 2.21. The first-order valence-electron chi connectivity index (χ1n) is 8.84. The summed E-state index contributed by atoms with van der Waals surface area (Å²) in [5.41, 5.74) is 1.88. The van der Waals surface area contributed by atoms with Crippen LogP contribution in [-0.2, 0) is 11.3 Å². The molecule has 2 aromatic rings. The van der Waals surface area contributed by atoms with Crippen molar-refractivity contribution in [2.75, 3.05) is 19.0 Å². The highest BCUT2D eigenvalue weighted by atomic mass is 19.1. The van der Waals surface area contributed by atoms with E-state index in [9.17, 15) is 14.0 Å². The summed E-state index contributed by atoms with van der Waals surface area (Å²) in [6, 6.07) is 11.2. The minimum atomic E-state index is -0.429. The molecule has 0 spiro atoms. The van der Waals surface area contributed by atoms with Crippen LogP contribution in [-0.4, -0.2) is 36.3 Å². The number of nitrogens with zero attached hydrogens (tertiary/aromatic N) is 1. The van der Waals surface area contributed by atoms with Crippen LogP contribution in [0.3, 0.4) is 0 Å². The maximum atomic E-state index is 13.9. The fourth-order valence-electron chi connectivity index (χ4n) is 2.79. The molecule has 0 aliphatic heterocycles. The summed E-state index contributed by atoms with van der Waals surface area (Å²) < 4.78 is 18.8. The number of nitrogens with one attached hydrogen (secondary N) is 1. The van der Waals surface area contributed by atoms with Crippen LogP contribution in [0.4, 0.5) is 10.1 Å². The van der Waals surface area contributed by atoms with Crippen LogP contribution in [0.25, 0.3) is 0 Å². The number of Topliss-reactive ketones (excluding diaryl/α,β-unsaturated/α-hetero) is 1. The number of carbonyl (C=O) groups excluding carboxylic acids is 2. The molecule has 0 aromatic heterocycles. The molecule has 27 heavy (non-hydrogen) atoms. The normalized spacial score (nSPS) is 11.9. The topological polar surface area (TPSA) is 58.6 Å². The maximum Gasteiger partial charge on any atom is 0.241 e. The molecule has 2 aromatic carbocycles. The Balaban J connectivity index is 2.08. The molecular formula is C21H25FN2O3. The van der Waals surface area contributed by atoms with Gasteiger partial charge in [0.15, 0.2) is 17.3 Å².